The first-order valence-corrected chi connectivity index (χ1v) is 17.1. The monoisotopic (exact) mass is 772 g/mol. The fourth-order valence-corrected chi connectivity index (χ4v) is 7.35. The van der Waals surface area contributed by atoms with Gasteiger partial charge in [0.2, 0.25) is 10.9 Å². The van der Waals surface area contributed by atoms with Crippen LogP contribution in [0.15, 0.2) is 0 Å². The third kappa shape index (κ3) is 9.34. The molecule has 13 nitrogen and oxygen atoms in total. The molecule has 0 unspecified atom stereocenters. The molecular formula is C30H49IN2O11S. The third-order valence-electron chi connectivity index (χ3n) is 7.95. The van der Waals surface area contributed by atoms with Crippen LogP contribution in [0.2, 0.25) is 0 Å². The maximum atomic E-state index is 13.6. The minimum absolute atomic E-state index is 0.0896. The Morgan fingerprint density at radius 2 is 1.71 bits per heavy atom. The Bertz CT molecular complexity index is 1090. The van der Waals surface area contributed by atoms with Crippen molar-refractivity contribution in [1.82, 2.24) is 10.8 Å². The van der Waals surface area contributed by atoms with Gasteiger partial charge in [0.15, 0.2) is 24.1 Å². The van der Waals surface area contributed by atoms with Gasteiger partial charge in [0.05, 0.1) is 60.1 Å². The molecule has 4 N–H and O–H groups in total. The number of thioether (sulfide) groups is 1. The number of carbonyl (C=O) groups excluding carboxylic acids is 1. The molecule has 0 bridgehead atoms. The lowest BCUT2D eigenvalue weighted by Crippen LogP contribution is -2.63. The molecule has 1 aromatic carbocycles. The smallest absolute Gasteiger partial charge is 0.224 e. The summed E-state index contributed by atoms with van der Waals surface area (Å²) >= 11 is 3.09. The van der Waals surface area contributed by atoms with Crippen molar-refractivity contribution in [2.75, 3.05) is 48.1 Å². The molecule has 2 heterocycles. The second kappa shape index (κ2) is 18.5. The largest absolute Gasteiger partial charge is 0.492 e. The molecule has 9 atom stereocenters. The fourth-order valence-electron chi connectivity index (χ4n) is 5.48. The van der Waals surface area contributed by atoms with Crippen LogP contribution in [-0.4, -0.2) is 118 Å². The quantitative estimate of drug-likeness (QED) is 0.111. The van der Waals surface area contributed by atoms with E-state index in [1.165, 1.54) is 28.4 Å². The highest BCUT2D eigenvalue weighted by Crippen LogP contribution is 2.47. The third-order valence-corrected chi connectivity index (χ3v) is 10.6. The number of carbonyl (C=O) groups is 1. The summed E-state index contributed by atoms with van der Waals surface area (Å²) in [6, 6.07) is -0.657. The number of hydrogen-bond donors (Lipinski definition) is 4. The van der Waals surface area contributed by atoms with E-state index in [0.717, 1.165) is 41.3 Å². The summed E-state index contributed by atoms with van der Waals surface area (Å²) in [5, 5.41) is 24.7. The van der Waals surface area contributed by atoms with Crippen molar-refractivity contribution in [1.29, 1.82) is 0 Å². The molecule has 3 rings (SSSR count). The zero-order valence-corrected chi connectivity index (χ0v) is 30.3. The number of aliphatic hydroxyl groups is 2. The van der Waals surface area contributed by atoms with Crippen LogP contribution in [0.1, 0.15) is 56.0 Å². The second-order valence-corrected chi connectivity index (χ2v) is 13.2. The normalized spacial score (nSPS) is 30.2. The molecule has 0 saturated carbocycles. The minimum Gasteiger partial charge on any atom is -0.492 e. The molecule has 2 saturated heterocycles. The fraction of sp³-hybridized carbons (Fsp3) is 0.767. The summed E-state index contributed by atoms with van der Waals surface area (Å²) < 4.78 is 40.8. The molecule has 2 aliphatic rings. The Morgan fingerprint density at radius 3 is 2.31 bits per heavy atom. The van der Waals surface area contributed by atoms with Gasteiger partial charge in [0, 0.05) is 20.1 Å². The topological polar surface area (TPSA) is 155 Å². The van der Waals surface area contributed by atoms with E-state index in [1.807, 2.05) is 6.92 Å². The predicted molar refractivity (Wildman–Crippen MR) is 177 cm³/mol. The van der Waals surface area contributed by atoms with Gasteiger partial charge in [0.1, 0.15) is 12.2 Å². The molecule has 0 aliphatic carbocycles. The highest BCUT2D eigenvalue weighted by Gasteiger charge is 2.46. The van der Waals surface area contributed by atoms with Gasteiger partial charge in [-0.15, -0.1) is 0 Å². The lowest BCUT2D eigenvalue weighted by atomic mass is 9.97. The molecule has 15 heteroatoms. The van der Waals surface area contributed by atoms with E-state index in [4.69, 9.17) is 38.0 Å². The van der Waals surface area contributed by atoms with Gasteiger partial charge in [-0.1, -0.05) is 18.7 Å². The molecular weight excluding hydrogens is 723 g/mol. The van der Waals surface area contributed by atoms with Gasteiger partial charge in [-0.3, -0.25) is 9.63 Å². The number of rotatable bonds is 16. The van der Waals surface area contributed by atoms with E-state index < -0.39 is 54.4 Å². The van der Waals surface area contributed by atoms with Crippen molar-refractivity contribution in [3.63, 3.8) is 0 Å². The summed E-state index contributed by atoms with van der Waals surface area (Å²) in [5.74, 6) is 1.07. The van der Waals surface area contributed by atoms with Crippen LogP contribution in [0.25, 0.3) is 0 Å². The SMILES string of the molecule is CCNCCCCO[C@H]1[C@@H](OC)O[C@H](C)[C@@H](NO[C@H]2C[C@H](O)[C@H](SC(=O)c3c(C)c(I)c(OC)c(OC)c3OC)[C@@H](C)O2)[C@@H]1O. The zero-order chi connectivity index (χ0) is 33.3. The van der Waals surface area contributed by atoms with Gasteiger partial charge >= 0.3 is 0 Å². The van der Waals surface area contributed by atoms with Gasteiger partial charge in [-0.2, -0.15) is 5.48 Å². The number of hydroxylamine groups is 1. The predicted octanol–water partition coefficient (Wildman–Crippen LogP) is 2.78. The number of nitrogens with one attached hydrogen (secondary N) is 2. The van der Waals surface area contributed by atoms with Crippen molar-refractivity contribution in [3.05, 3.63) is 14.7 Å². The molecule has 2 fully saturated rings. The summed E-state index contributed by atoms with van der Waals surface area (Å²) in [7, 11) is 5.99. The lowest BCUT2D eigenvalue weighted by Gasteiger charge is -2.44. The van der Waals surface area contributed by atoms with E-state index in [2.05, 4.69) is 40.3 Å². The van der Waals surface area contributed by atoms with Crippen LogP contribution in [0.4, 0.5) is 0 Å². The Hall–Kier alpha value is -0.990. The van der Waals surface area contributed by atoms with E-state index >= 15 is 0 Å². The zero-order valence-electron chi connectivity index (χ0n) is 27.3. The van der Waals surface area contributed by atoms with E-state index in [1.54, 1.807) is 13.8 Å². The van der Waals surface area contributed by atoms with Crippen LogP contribution in [0.3, 0.4) is 0 Å². The van der Waals surface area contributed by atoms with Crippen LogP contribution in [0.5, 0.6) is 17.2 Å². The van der Waals surface area contributed by atoms with Crippen molar-refractivity contribution in [2.24, 2.45) is 0 Å². The van der Waals surface area contributed by atoms with Gasteiger partial charge < -0.3 is 48.7 Å². The highest BCUT2D eigenvalue weighted by molar-refractivity contribution is 14.1. The number of ether oxygens (including phenoxy) is 7. The van der Waals surface area contributed by atoms with Gasteiger partial charge in [-0.05, 0) is 74.9 Å². The van der Waals surface area contributed by atoms with E-state index in [0.29, 0.717) is 29.2 Å². The molecule has 45 heavy (non-hydrogen) atoms. The van der Waals surface area contributed by atoms with Crippen molar-refractivity contribution < 1.29 is 53.0 Å². The van der Waals surface area contributed by atoms with Crippen LogP contribution < -0.4 is 25.0 Å². The standard InChI is InChI=1S/C30H49IN2O11S/c1-9-32-12-10-11-13-41-26-23(35)22(16(3)43-30(26)40-8)33-44-19-14-18(34)28(17(4)42-19)45-29(36)20-15(2)21(31)25(38-6)27(39-7)24(20)37-5/h16-19,22-23,26,28,30,32-35H,9-14H2,1-8H3/t16-,17-,18+,19+,22-,23+,26-,28-,30+/m1/s1. The summed E-state index contributed by atoms with van der Waals surface area (Å²) in [6.07, 6.45) is -3.41. The summed E-state index contributed by atoms with van der Waals surface area (Å²) in [4.78, 5) is 19.5. The van der Waals surface area contributed by atoms with Gasteiger partial charge in [0.25, 0.3) is 0 Å². The Morgan fingerprint density at radius 1 is 1.02 bits per heavy atom. The first kappa shape index (κ1) is 38.5. The highest BCUT2D eigenvalue weighted by atomic mass is 127. The first-order valence-electron chi connectivity index (χ1n) is 15.2. The summed E-state index contributed by atoms with van der Waals surface area (Å²) in [5.41, 5.74) is 3.91. The summed E-state index contributed by atoms with van der Waals surface area (Å²) in [6.45, 7) is 9.70. The molecule has 258 valence electrons. The minimum atomic E-state index is -0.998. The lowest BCUT2D eigenvalue weighted by molar-refractivity contribution is -0.300. The molecule has 0 amide bonds. The number of hydrogen-bond acceptors (Lipinski definition) is 14. The molecule has 2 aliphatic heterocycles. The molecule has 1 aromatic rings. The Kier molecular flexibility index (Phi) is 15.8. The average Bonchev–Trinajstić information content (AvgIpc) is 3.01. The van der Waals surface area contributed by atoms with Crippen LogP contribution >= 0.6 is 34.4 Å². The molecule has 0 spiro atoms. The van der Waals surface area contributed by atoms with Crippen molar-refractivity contribution in [2.45, 2.75) is 101 Å². The van der Waals surface area contributed by atoms with Crippen LogP contribution in [0, 0.1) is 10.5 Å². The second-order valence-electron chi connectivity index (χ2n) is 11.0. The first-order chi connectivity index (χ1) is 21.5. The molecule has 0 aromatic heterocycles. The maximum Gasteiger partial charge on any atom is 0.224 e. The van der Waals surface area contributed by atoms with Crippen molar-refractivity contribution in [3.8, 4) is 17.2 Å². The van der Waals surface area contributed by atoms with Gasteiger partial charge in [-0.25, -0.2) is 0 Å². The number of benzene rings is 1. The average molecular weight is 773 g/mol. The van der Waals surface area contributed by atoms with Crippen molar-refractivity contribution >= 4 is 39.5 Å². The number of methoxy groups -OCH3 is 4. The van der Waals surface area contributed by atoms with E-state index in [9.17, 15) is 15.0 Å². The Balaban J connectivity index is 1.62. The molecule has 0 radical (unpaired) electrons. The van der Waals surface area contributed by atoms with E-state index in [-0.39, 0.29) is 17.3 Å². The number of halogens is 1. The number of unbranched alkanes of at least 4 members (excludes halogenated alkanes) is 1. The van der Waals surface area contributed by atoms with Crippen LogP contribution in [-0.2, 0) is 23.8 Å². The maximum absolute atomic E-state index is 13.6. The number of aliphatic hydroxyl groups excluding tert-OH is 2. The Labute approximate surface area is 283 Å².